The van der Waals surface area contributed by atoms with Crippen molar-refractivity contribution < 1.29 is 27.1 Å². The second kappa shape index (κ2) is 5.84. The fourth-order valence-electron chi connectivity index (χ4n) is 1.52. The lowest BCUT2D eigenvalue weighted by molar-refractivity contribution is 0.0660. The van der Waals surface area contributed by atoms with Gasteiger partial charge in [-0.2, -0.15) is 0 Å². The SMILES string of the molecule is O=C(O)c1ccc(CNS(=O)(=O)c2ccc(Cl)cc2F)o1. The zero-order valence-electron chi connectivity index (χ0n) is 10.3. The molecule has 2 N–H and O–H groups in total. The van der Waals surface area contributed by atoms with E-state index in [1.165, 1.54) is 18.2 Å². The molecule has 6 nitrogen and oxygen atoms in total. The lowest BCUT2D eigenvalue weighted by Crippen LogP contribution is -2.24. The molecule has 0 spiro atoms. The van der Waals surface area contributed by atoms with Crippen molar-refractivity contribution in [2.45, 2.75) is 11.4 Å². The number of carbonyl (C=O) groups is 1. The standard InChI is InChI=1S/C12H9ClFNO5S/c13-7-1-4-11(9(14)5-7)21(18,19)15-6-8-2-3-10(20-8)12(16)17/h1-5,15H,6H2,(H,16,17). The van der Waals surface area contributed by atoms with Gasteiger partial charge in [0.25, 0.3) is 0 Å². The minimum Gasteiger partial charge on any atom is -0.475 e. The summed E-state index contributed by atoms with van der Waals surface area (Å²) in [5.74, 6) is -2.49. The molecule has 0 saturated heterocycles. The smallest absolute Gasteiger partial charge is 0.371 e. The Balaban J connectivity index is 2.15. The lowest BCUT2D eigenvalue weighted by atomic mass is 10.3. The zero-order chi connectivity index (χ0) is 15.6. The predicted octanol–water partition coefficient (Wildman–Crippen LogP) is 2.25. The van der Waals surface area contributed by atoms with Crippen LogP contribution in [0.15, 0.2) is 39.6 Å². The van der Waals surface area contributed by atoms with Crippen molar-refractivity contribution in [3.05, 3.63) is 52.7 Å². The fraction of sp³-hybridized carbons (Fsp3) is 0.0833. The molecule has 0 bridgehead atoms. The predicted molar refractivity (Wildman–Crippen MR) is 71.1 cm³/mol. The van der Waals surface area contributed by atoms with Crippen LogP contribution >= 0.6 is 11.6 Å². The first kappa shape index (κ1) is 15.5. The summed E-state index contributed by atoms with van der Waals surface area (Å²) in [4.78, 5) is 10.1. The van der Waals surface area contributed by atoms with Gasteiger partial charge in [-0.1, -0.05) is 11.6 Å². The first-order chi connectivity index (χ1) is 9.79. The molecule has 0 saturated carbocycles. The van der Waals surface area contributed by atoms with Gasteiger partial charge in [-0.25, -0.2) is 22.3 Å². The van der Waals surface area contributed by atoms with Gasteiger partial charge in [0.2, 0.25) is 15.8 Å². The first-order valence-electron chi connectivity index (χ1n) is 5.56. The molecule has 9 heteroatoms. The Kier molecular flexibility index (Phi) is 4.31. The van der Waals surface area contributed by atoms with Gasteiger partial charge < -0.3 is 9.52 Å². The minimum atomic E-state index is -4.11. The third kappa shape index (κ3) is 3.60. The number of halogens is 2. The summed E-state index contributed by atoms with van der Waals surface area (Å²) in [6, 6.07) is 5.66. The Labute approximate surface area is 124 Å². The second-order valence-electron chi connectivity index (χ2n) is 3.97. The Morgan fingerprint density at radius 1 is 1.33 bits per heavy atom. The number of sulfonamides is 1. The summed E-state index contributed by atoms with van der Waals surface area (Å²) in [6.45, 7) is -0.308. The Morgan fingerprint density at radius 2 is 2.05 bits per heavy atom. The van der Waals surface area contributed by atoms with E-state index in [1.54, 1.807) is 0 Å². The maximum Gasteiger partial charge on any atom is 0.371 e. The molecule has 0 amide bonds. The van der Waals surface area contributed by atoms with Crippen molar-refractivity contribution in [3.63, 3.8) is 0 Å². The van der Waals surface area contributed by atoms with Crippen LogP contribution in [0, 0.1) is 5.82 Å². The Morgan fingerprint density at radius 3 is 2.62 bits per heavy atom. The summed E-state index contributed by atoms with van der Waals surface area (Å²) in [7, 11) is -4.11. The largest absolute Gasteiger partial charge is 0.475 e. The van der Waals surface area contributed by atoms with Crippen molar-refractivity contribution in [3.8, 4) is 0 Å². The summed E-state index contributed by atoms with van der Waals surface area (Å²) in [5, 5.41) is 8.74. The first-order valence-corrected chi connectivity index (χ1v) is 7.42. The Hall–Kier alpha value is -1.90. The van der Waals surface area contributed by atoms with Crippen LogP contribution in [0.1, 0.15) is 16.3 Å². The molecule has 112 valence electrons. The molecule has 2 rings (SSSR count). The number of benzene rings is 1. The van der Waals surface area contributed by atoms with E-state index in [2.05, 4.69) is 4.72 Å². The van der Waals surface area contributed by atoms with E-state index in [0.717, 1.165) is 12.1 Å². The van der Waals surface area contributed by atoms with Crippen LogP contribution in [-0.4, -0.2) is 19.5 Å². The van der Waals surface area contributed by atoms with E-state index in [1.807, 2.05) is 0 Å². The number of nitrogens with one attached hydrogen (secondary N) is 1. The molecular weight excluding hydrogens is 325 g/mol. The van der Waals surface area contributed by atoms with Crippen molar-refractivity contribution in [1.29, 1.82) is 0 Å². The molecule has 1 aromatic heterocycles. The van der Waals surface area contributed by atoms with Crippen molar-refractivity contribution in [1.82, 2.24) is 4.72 Å². The molecule has 1 aromatic carbocycles. The fourth-order valence-corrected chi connectivity index (χ4v) is 2.73. The normalized spacial score (nSPS) is 11.5. The van der Waals surface area contributed by atoms with Crippen LogP contribution in [0.25, 0.3) is 0 Å². The maximum atomic E-state index is 13.6. The number of furan rings is 1. The zero-order valence-corrected chi connectivity index (χ0v) is 11.9. The minimum absolute atomic E-state index is 0.0728. The molecule has 0 aliphatic heterocycles. The highest BCUT2D eigenvalue weighted by molar-refractivity contribution is 7.89. The summed E-state index contributed by atoms with van der Waals surface area (Å²) < 4.78 is 44.4. The average molecular weight is 334 g/mol. The van der Waals surface area contributed by atoms with Gasteiger partial charge in [0.1, 0.15) is 16.5 Å². The molecule has 2 aromatic rings. The number of hydrogen-bond donors (Lipinski definition) is 2. The second-order valence-corrected chi connectivity index (χ2v) is 6.14. The molecule has 0 fully saturated rings. The molecule has 0 aliphatic carbocycles. The summed E-state index contributed by atoms with van der Waals surface area (Å²) in [5.41, 5.74) is 0. The number of carboxylic acid groups (broad SMARTS) is 1. The van der Waals surface area contributed by atoms with Gasteiger partial charge >= 0.3 is 5.97 Å². The van der Waals surface area contributed by atoms with E-state index in [4.69, 9.17) is 21.1 Å². The number of hydrogen-bond acceptors (Lipinski definition) is 4. The molecular formula is C12H9ClFNO5S. The van der Waals surface area contributed by atoms with E-state index >= 15 is 0 Å². The highest BCUT2D eigenvalue weighted by atomic mass is 35.5. The van der Waals surface area contributed by atoms with Gasteiger partial charge in [-0.3, -0.25) is 0 Å². The van der Waals surface area contributed by atoms with Crippen molar-refractivity contribution in [2.75, 3.05) is 0 Å². The van der Waals surface area contributed by atoms with Crippen LogP contribution in [0.3, 0.4) is 0 Å². The number of rotatable bonds is 5. The van der Waals surface area contributed by atoms with Crippen LogP contribution in [0.4, 0.5) is 4.39 Å². The monoisotopic (exact) mass is 333 g/mol. The quantitative estimate of drug-likeness (QED) is 0.874. The highest BCUT2D eigenvalue weighted by Crippen LogP contribution is 2.19. The average Bonchev–Trinajstić information content (AvgIpc) is 2.85. The van der Waals surface area contributed by atoms with Gasteiger partial charge in [0, 0.05) is 5.02 Å². The van der Waals surface area contributed by atoms with Crippen LogP contribution in [-0.2, 0) is 16.6 Å². The van der Waals surface area contributed by atoms with Gasteiger partial charge in [-0.05, 0) is 30.3 Å². The van der Waals surface area contributed by atoms with Crippen molar-refractivity contribution >= 4 is 27.6 Å². The molecule has 0 unspecified atom stereocenters. The molecule has 0 radical (unpaired) electrons. The van der Waals surface area contributed by atoms with E-state index in [-0.39, 0.29) is 23.1 Å². The third-order valence-corrected chi connectivity index (χ3v) is 4.16. The Bertz CT molecular complexity index is 787. The van der Waals surface area contributed by atoms with Crippen LogP contribution in [0.2, 0.25) is 5.02 Å². The van der Waals surface area contributed by atoms with Gasteiger partial charge in [0.05, 0.1) is 6.54 Å². The molecule has 1 heterocycles. The highest BCUT2D eigenvalue weighted by Gasteiger charge is 2.20. The van der Waals surface area contributed by atoms with Crippen molar-refractivity contribution in [2.24, 2.45) is 0 Å². The molecule has 0 aliphatic rings. The van der Waals surface area contributed by atoms with Crippen LogP contribution in [0.5, 0.6) is 0 Å². The maximum absolute atomic E-state index is 13.6. The topological polar surface area (TPSA) is 96.6 Å². The lowest BCUT2D eigenvalue weighted by Gasteiger charge is -2.06. The van der Waals surface area contributed by atoms with E-state index < -0.39 is 26.7 Å². The molecule has 21 heavy (non-hydrogen) atoms. The van der Waals surface area contributed by atoms with Gasteiger partial charge in [-0.15, -0.1) is 0 Å². The summed E-state index contributed by atoms with van der Waals surface area (Å²) in [6.07, 6.45) is 0. The van der Waals surface area contributed by atoms with E-state index in [9.17, 15) is 17.6 Å². The number of aromatic carboxylic acids is 1. The number of carboxylic acids is 1. The molecule has 0 atom stereocenters. The van der Waals surface area contributed by atoms with Crippen LogP contribution < -0.4 is 4.72 Å². The summed E-state index contributed by atoms with van der Waals surface area (Å²) >= 11 is 5.55. The third-order valence-electron chi connectivity index (χ3n) is 2.49. The van der Waals surface area contributed by atoms with Gasteiger partial charge in [0.15, 0.2) is 0 Å². The van der Waals surface area contributed by atoms with E-state index in [0.29, 0.717) is 0 Å².